The molecule has 0 spiro atoms. The molecule has 2 nitrogen and oxygen atoms in total. The van der Waals surface area contributed by atoms with Crippen molar-refractivity contribution < 1.29 is 0 Å². The van der Waals surface area contributed by atoms with Gasteiger partial charge in [-0.25, -0.2) is 0 Å². The predicted octanol–water partition coefficient (Wildman–Crippen LogP) is 9.92. The molecule has 38 heavy (non-hydrogen) atoms. The summed E-state index contributed by atoms with van der Waals surface area (Å²) in [7, 11) is 0. The summed E-state index contributed by atoms with van der Waals surface area (Å²) in [5.41, 5.74) is 9.53. The van der Waals surface area contributed by atoms with Gasteiger partial charge in [-0.1, -0.05) is 76.2 Å². The van der Waals surface area contributed by atoms with Crippen LogP contribution in [-0.2, 0) is 10.8 Å². The van der Waals surface area contributed by atoms with E-state index in [9.17, 15) is 0 Å². The molecule has 0 aliphatic heterocycles. The highest BCUT2D eigenvalue weighted by Crippen LogP contribution is 2.48. The highest BCUT2D eigenvalue weighted by molar-refractivity contribution is 6.25. The third-order valence-electron chi connectivity index (χ3n) is 9.36. The van der Waals surface area contributed by atoms with Gasteiger partial charge in [0.2, 0.25) is 0 Å². The average molecular weight is 493 g/mol. The van der Waals surface area contributed by atoms with Crippen LogP contribution in [0.2, 0.25) is 0 Å². The van der Waals surface area contributed by atoms with E-state index in [-0.39, 0.29) is 10.8 Å². The van der Waals surface area contributed by atoms with Crippen molar-refractivity contribution in [2.24, 2.45) is 0 Å². The van der Waals surface area contributed by atoms with E-state index < -0.39 is 0 Å². The van der Waals surface area contributed by atoms with Crippen molar-refractivity contribution in [2.75, 3.05) is 0 Å². The largest absolute Gasteiger partial charge is 0.354 e. The van der Waals surface area contributed by atoms with E-state index in [4.69, 9.17) is 0 Å². The topological polar surface area (TPSA) is 20.7 Å². The number of nitrogens with zero attached hydrogens (tertiary/aromatic N) is 1. The van der Waals surface area contributed by atoms with Crippen molar-refractivity contribution in [3.63, 3.8) is 0 Å². The summed E-state index contributed by atoms with van der Waals surface area (Å²) in [6.45, 7) is 9.65. The summed E-state index contributed by atoms with van der Waals surface area (Å²) in [5, 5.41) is 7.89. The molecule has 5 aromatic carbocycles. The molecule has 0 unspecified atom stereocenters. The summed E-state index contributed by atoms with van der Waals surface area (Å²) in [4.78, 5) is 3.83. The smallest absolute Gasteiger partial charge is 0.0562 e. The first kappa shape index (κ1) is 22.0. The lowest BCUT2D eigenvalue weighted by Gasteiger charge is -2.41. The average Bonchev–Trinajstić information content (AvgIpc) is 3.44. The van der Waals surface area contributed by atoms with Gasteiger partial charge in [0.1, 0.15) is 0 Å². The van der Waals surface area contributed by atoms with Crippen LogP contribution in [0.3, 0.4) is 0 Å². The van der Waals surface area contributed by atoms with Crippen LogP contribution in [-0.4, -0.2) is 9.55 Å². The third-order valence-corrected chi connectivity index (χ3v) is 9.36. The highest BCUT2D eigenvalue weighted by Gasteiger charge is 2.37. The minimum Gasteiger partial charge on any atom is -0.354 e. The summed E-state index contributed by atoms with van der Waals surface area (Å²) in [6, 6.07) is 33.9. The number of rotatable bonds is 1. The molecule has 0 amide bonds. The number of hydrogen-bond acceptors (Lipinski definition) is 0. The van der Waals surface area contributed by atoms with Crippen LogP contribution in [0, 0.1) is 0 Å². The Morgan fingerprint density at radius 2 is 1.24 bits per heavy atom. The summed E-state index contributed by atoms with van der Waals surface area (Å²) in [6.07, 6.45) is 2.45. The van der Waals surface area contributed by atoms with Gasteiger partial charge >= 0.3 is 0 Å². The van der Waals surface area contributed by atoms with Crippen LogP contribution in [0.15, 0.2) is 91.0 Å². The lowest BCUT2D eigenvalue weighted by atomic mass is 9.63. The van der Waals surface area contributed by atoms with Gasteiger partial charge in [-0.3, -0.25) is 0 Å². The number of aromatic amines is 1. The van der Waals surface area contributed by atoms with Crippen molar-refractivity contribution in [3.05, 3.63) is 102 Å². The van der Waals surface area contributed by atoms with E-state index in [0.29, 0.717) is 0 Å². The van der Waals surface area contributed by atoms with Crippen LogP contribution in [0.4, 0.5) is 0 Å². The molecule has 1 aliphatic rings. The number of aromatic nitrogens is 2. The van der Waals surface area contributed by atoms with Crippen LogP contribution < -0.4 is 0 Å². The Balaban J connectivity index is 1.54. The molecule has 0 fully saturated rings. The zero-order valence-electron chi connectivity index (χ0n) is 22.5. The molecule has 0 saturated carbocycles. The molecule has 1 N–H and O–H groups in total. The fraction of sp³-hybridized carbons (Fsp3) is 0.222. The summed E-state index contributed by atoms with van der Waals surface area (Å²) in [5.74, 6) is 0. The molecule has 0 bridgehead atoms. The van der Waals surface area contributed by atoms with Crippen LogP contribution >= 0.6 is 0 Å². The Labute approximate surface area is 222 Å². The molecule has 0 atom stereocenters. The zero-order valence-corrected chi connectivity index (χ0v) is 22.5. The molecule has 8 rings (SSSR count). The van der Waals surface area contributed by atoms with Gasteiger partial charge in [0, 0.05) is 38.3 Å². The molecule has 2 heteroatoms. The van der Waals surface area contributed by atoms with Gasteiger partial charge in [-0.2, -0.15) is 0 Å². The lowest BCUT2D eigenvalue weighted by Crippen LogP contribution is -2.33. The summed E-state index contributed by atoms with van der Waals surface area (Å²) < 4.78 is 2.43. The molecule has 2 heterocycles. The first-order valence-electron chi connectivity index (χ1n) is 13.8. The quantitative estimate of drug-likeness (QED) is 0.235. The number of para-hydroxylation sites is 1. The maximum atomic E-state index is 3.83. The predicted molar refractivity (Wildman–Crippen MR) is 163 cm³/mol. The van der Waals surface area contributed by atoms with E-state index in [0.717, 1.165) is 0 Å². The van der Waals surface area contributed by atoms with Crippen molar-refractivity contribution in [1.82, 2.24) is 9.55 Å². The van der Waals surface area contributed by atoms with Crippen molar-refractivity contribution >= 4 is 54.4 Å². The molecule has 2 aromatic heterocycles. The summed E-state index contributed by atoms with van der Waals surface area (Å²) >= 11 is 0. The second kappa shape index (κ2) is 7.29. The van der Waals surface area contributed by atoms with E-state index in [1.165, 1.54) is 84.0 Å². The Hall–Kier alpha value is -4.04. The van der Waals surface area contributed by atoms with E-state index in [2.05, 4.69) is 128 Å². The van der Waals surface area contributed by atoms with Crippen LogP contribution in [0.25, 0.3) is 60.1 Å². The molecule has 0 radical (unpaired) electrons. The first-order chi connectivity index (χ1) is 18.3. The number of benzene rings is 5. The Bertz CT molecular complexity index is 2070. The minimum atomic E-state index is 0.187. The molecular formula is C36H32N2. The van der Waals surface area contributed by atoms with Gasteiger partial charge in [0.15, 0.2) is 0 Å². The minimum absolute atomic E-state index is 0.187. The standard InChI is InChI=1S/C36H32N2/c1-35(2)16-17-36(3,4)29-20-30-26(19-28(29)35)25-18-27-33(21-31(25)37-30)38(23-11-6-5-7-12-23)32-15-14-22-10-8-9-13-24(22)34(27)32/h5-15,18-21,37H,16-17H2,1-4H3. The number of H-pyrrole nitrogens is 1. The Morgan fingerprint density at radius 1 is 0.579 bits per heavy atom. The molecule has 0 saturated heterocycles. The monoisotopic (exact) mass is 492 g/mol. The van der Waals surface area contributed by atoms with E-state index in [1.54, 1.807) is 0 Å². The fourth-order valence-corrected chi connectivity index (χ4v) is 7.10. The van der Waals surface area contributed by atoms with E-state index in [1.807, 2.05) is 0 Å². The van der Waals surface area contributed by atoms with Gasteiger partial charge in [-0.15, -0.1) is 0 Å². The van der Waals surface area contributed by atoms with Gasteiger partial charge in [-0.05, 0) is 88.0 Å². The zero-order chi connectivity index (χ0) is 25.8. The number of fused-ring (bicyclic) bond motifs is 9. The molecule has 1 aliphatic carbocycles. The molecular weight excluding hydrogens is 460 g/mol. The lowest BCUT2D eigenvalue weighted by molar-refractivity contribution is 0.332. The van der Waals surface area contributed by atoms with Gasteiger partial charge in [0.05, 0.1) is 11.0 Å². The first-order valence-corrected chi connectivity index (χ1v) is 13.8. The SMILES string of the molecule is CC1(C)CCC(C)(C)c2cc3c(cc21)[nH]c1cc2c(cc13)c1c3ccccc3ccc1n2-c1ccccc1. The number of hydrogen-bond donors (Lipinski definition) is 1. The fourth-order valence-electron chi connectivity index (χ4n) is 7.10. The van der Waals surface area contributed by atoms with Gasteiger partial charge in [0.25, 0.3) is 0 Å². The molecule has 7 aromatic rings. The number of nitrogens with one attached hydrogen (secondary N) is 1. The third kappa shape index (κ3) is 2.89. The van der Waals surface area contributed by atoms with Crippen LogP contribution in [0.1, 0.15) is 51.7 Å². The Morgan fingerprint density at radius 3 is 2.03 bits per heavy atom. The van der Waals surface area contributed by atoms with Crippen molar-refractivity contribution in [1.29, 1.82) is 0 Å². The maximum absolute atomic E-state index is 3.83. The normalized spacial score (nSPS) is 16.6. The Kier molecular flexibility index (Phi) is 4.22. The second-order valence-corrected chi connectivity index (χ2v) is 12.6. The highest BCUT2D eigenvalue weighted by atomic mass is 15.0. The second-order valence-electron chi connectivity index (χ2n) is 12.6. The van der Waals surface area contributed by atoms with Crippen molar-refractivity contribution in [2.45, 2.75) is 51.4 Å². The maximum Gasteiger partial charge on any atom is 0.0562 e. The van der Waals surface area contributed by atoms with Crippen molar-refractivity contribution in [3.8, 4) is 5.69 Å². The van der Waals surface area contributed by atoms with Crippen LogP contribution in [0.5, 0.6) is 0 Å². The van der Waals surface area contributed by atoms with E-state index >= 15 is 0 Å². The molecule has 186 valence electrons. The van der Waals surface area contributed by atoms with Gasteiger partial charge < -0.3 is 9.55 Å².